The number of nitrogens with one attached hydrogen (secondary N) is 2. The zero-order valence-electron chi connectivity index (χ0n) is 23.0. The molecule has 2 amide bonds. The van der Waals surface area contributed by atoms with Gasteiger partial charge in [-0.3, -0.25) is 9.59 Å². The van der Waals surface area contributed by atoms with Crippen LogP contribution in [0.15, 0.2) is 76.7 Å². The molecule has 6 N–H and O–H groups in total. The molecule has 0 atom stereocenters. The molecule has 4 aromatic rings. The third-order valence-electron chi connectivity index (χ3n) is 5.82. The van der Waals surface area contributed by atoms with Crippen LogP contribution in [0.25, 0.3) is 0 Å². The van der Waals surface area contributed by atoms with Crippen LogP contribution in [0.1, 0.15) is 11.1 Å². The number of ether oxygens (including phenoxy) is 3. The van der Waals surface area contributed by atoms with Crippen molar-refractivity contribution in [2.75, 3.05) is 43.4 Å². The maximum Gasteiger partial charge on any atom is 0.221 e. The van der Waals surface area contributed by atoms with E-state index in [1.165, 1.54) is 48.5 Å². The minimum atomic E-state index is -3.63. The van der Waals surface area contributed by atoms with Gasteiger partial charge in [0, 0.05) is 29.6 Å². The van der Waals surface area contributed by atoms with Gasteiger partial charge in [0.05, 0.1) is 31.1 Å². The zero-order valence-corrected chi connectivity index (χ0v) is 23.8. The number of hydrogen-bond donors (Lipinski definition) is 4. The molecule has 1 aromatic heterocycles. The molecule has 1 heterocycles. The number of methoxy groups -OCH3 is 3. The molecule has 0 aliphatic carbocycles. The molecule has 42 heavy (non-hydrogen) atoms. The van der Waals surface area contributed by atoms with E-state index in [-0.39, 0.29) is 15.7 Å². The smallest absolute Gasteiger partial charge is 0.221 e. The van der Waals surface area contributed by atoms with Crippen molar-refractivity contribution in [3.05, 3.63) is 78.0 Å². The summed E-state index contributed by atoms with van der Waals surface area (Å²) in [7, 11) is 1.07. The highest BCUT2D eigenvalue weighted by atomic mass is 32.2. The Labute approximate surface area is 242 Å². The summed E-state index contributed by atoms with van der Waals surface area (Å²) in [6.45, 7) is 0. The van der Waals surface area contributed by atoms with E-state index < -0.39 is 9.84 Å². The molecular formula is C28H30N6O7S. The van der Waals surface area contributed by atoms with Crippen LogP contribution in [0.3, 0.4) is 0 Å². The Bertz CT molecular complexity index is 1550. The average molecular weight is 595 g/mol. The van der Waals surface area contributed by atoms with Gasteiger partial charge in [-0.2, -0.15) is 4.98 Å². The standard InChI is InChI=1S/C14H18N4O3.C14H12N2O4S/c1-19-10-5-8(6-11(20-2)12(10)21-3)4-9-7-17-14(16)18-13(9)15;17-9-15-11-1-5-13(6-2-11)21(19,20)14-7-3-12(4-8-14)16-10-18/h5-7H,4H2,1-3H3,(H4,15,16,17,18);1-10H,(H,15,17)(H,16,18). The predicted molar refractivity (Wildman–Crippen MR) is 157 cm³/mol. The molecule has 13 nitrogen and oxygen atoms in total. The molecule has 0 bridgehead atoms. The SMILES string of the molecule is COc1cc(Cc2cnc(N)nc2N)cc(OC)c1OC.O=CNc1ccc(S(=O)(=O)c2ccc(NC=O)cc2)cc1. The summed E-state index contributed by atoms with van der Waals surface area (Å²) in [6, 6.07) is 15.4. The Morgan fingerprint density at radius 2 is 1.26 bits per heavy atom. The largest absolute Gasteiger partial charge is 0.493 e. The van der Waals surface area contributed by atoms with Crippen LogP contribution in [0.4, 0.5) is 23.1 Å². The topological polar surface area (TPSA) is 198 Å². The molecule has 0 aliphatic heterocycles. The van der Waals surface area contributed by atoms with Gasteiger partial charge >= 0.3 is 0 Å². The van der Waals surface area contributed by atoms with E-state index in [0.29, 0.717) is 53.7 Å². The number of benzene rings is 3. The number of aromatic nitrogens is 2. The highest BCUT2D eigenvalue weighted by Crippen LogP contribution is 2.38. The van der Waals surface area contributed by atoms with Crippen LogP contribution in [0.2, 0.25) is 0 Å². The lowest BCUT2D eigenvalue weighted by Gasteiger charge is -2.14. The average Bonchev–Trinajstić information content (AvgIpc) is 2.99. The van der Waals surface area contributed by atoms with Gasteiger partial charge in [-0.15, -0.1) is 0 Å². The first-order valence-electron chi connectivity index (χ1n) is 12.2. The summed E-state index contributed by atoms with van der Waals surface area (Å²) in [4.78, 5) is 28.7. The monoisotopic (exact) mass is 594 g/mol. The van der Waals surface area contributed by atoms with Crippen molar-refractivity contribution in [3.63, 3.8) is 0 Å². The van der Waals surface area contributed by atoms with Crippen LogP contribution in [0.5, 0.6) is 17.2 Å². The summed E-state index contributed by atoms with van der Waals surface area (Å²) in [5.74, 6) is 2.23. The van der Waals surface area contributed by atoms with E-state index in [0.717, 1.165) is 11.1 Å². The first-order valence-corrected chi connectivity index (χ1v) is 13.7. The van der Waals surface area contributed by atoms with Gasteiger partial charge in [0.2, 0.25) is 34.4 Å². The summed E-state index contributed by atoms with van der Waals surface area (Å²) >= 11 is 0. The number of hydrogen-bond acceptors (Lipinski definition) is 11. The van der Waals surface area contributed by atoms with E-state index in [9.17, 15) is 18.0 Å². The molecular weight excluding hydrogens is 564 g/mol. The first kappa shape index (κ1) is 31.2. The van der Waals surface area contributed by atoms with E-state index >= 15 is 0 Å². The molecule has 3 aromatic carbocycles. The number of nitrogens with two attached hydrogens (primary N) is 2. The molecule has 0 radical (unpaired) electrons. The van der Waals surface area contributed by atoms with Gasteiger partial charge in [-0.25, -0.2) is 13.4 Å². The second kappa shape index (κ2) is 14.3. The number of nitrogen functional groups attached to an aromatic ring is 2. The molecule has 220 valence electrons. The zero-order chi connectivity index (χ0) is 30.7. The van der Waals surface area contributed by atoms with E-state index in [4.69, 9.17) is 25.7 Å². The number of nitrogens with zero attached hydrogens (tertiary/aromatic N) is 2. The highest BCUT2D eigenvalue weighted by Gasteiger charge is 2.17. The van der Waals surface area contributed by atoms with E-state index in [2.05, 4.69) is 20.6 Å². The molecule has 0 saturated carbocycles. The molecule has 14 heteroatoms. The second-order valence-corrected chi connectivity index (χ2v) is 10.4. The maximum absolute atomic E-state index is 12.4. The minimum absolute atomic E-state index is 0.120. The van der Waals surface area contributed by atoms with Crippen molar-refractivity contribution in [1.29, 1.82) is 0 Å². The Kier molecular flexibility index (Phi) is 10.6. The van der Waals surface area contributed by atoms with Crippen LogP contribution in [0, 0.1) is 0 Å². The summed E-state index contributed by atoms with van der Waals surface area (Å²) in [5, 5.41) is 4.86. The van der Waals surface area contributed by atoms with E-state index in [1.54, 1.807) is 27.5 Å². The fourth-order valence-corrected chi connectivity index (χ4v) is 5.02. The minimum Gasteiger partial charge on any atom is -0.493 e. The maximum atomic E-state index is 12.4. The molecule has 0 aliphatic rings. The van der Waals surface area contributed by atoms with Crippen molar-refractivity contribution in [2.45, 2.75) is 16.2 Å². The third-order valence-corrected chi connectivity index (χ3v) is 7.60. The van der Waals surface area contributed by atoms with Gasteiger partial charge < -0.3 is 36.3 Å². The summed E-state index contributed by atoms with van der Waals surface area (Å²) in [6.07, 6.45) is 3.17. The lowest BCUT2D eigenvalue weighted by molar-refractivity contribution is -0.106. The van der Waals surface area contributed by atoms with Crippen molar-refractivity contribution in [1.82, 2.24) is 9.97 Å². The van der Waals surface area contributed by atoms with Gasteiger partial charge in [-0.05, 0) is 66.2 Å². The van der Waals surface area contributed by atoms with Gasteiger partial charge in [-0.1, -0.05) is 0 Å². The quantitative estimate of drug-likeness (QED) is 0.186. The number of rotatable bonds is 11. The lowest BCUT2D eigenvalue weighted by atomic mass is 10.1. The Hall–Kier alpha value is -5.37. The molecule has 0 unspecified atom stereocenters. The number of amides is 2. The fraction of sp³-hybridized carbons (Fsp3) is 0.143. The number of anilines is 4. The molecule has 0 spiro atoms. The number of carbonyl (C=O) groups excluding carboxylic acids is 2. The van der Waals surface area contributed by atoms with Crippen molar-refractivity contribution in [3.8, 4) is 17.2 Å². The van der Waals surface area contributed by atoms with Gasteiger partial charge in [0.15, 0.2) is 11.5 Å². The number of carbonyl (C=O) groups is 2. The van der Waals surface area contributed by atoms with Crippen LogP contribution >= 0.6 is 0 Å². The van der Waals surface area contributed by atoms with Crippen LogP contribution in [-0.2, 0) is 25.8 Å². The molecule has 0 fully saturated rings. The van der Waals surface area contributed by atoms with Crippen LogP contribution in [-0.4, -0.2) is 52.5 Å². The highest BCUT2D eigenvalue weighted by molar-refractivity contribution is 7.91. The molecule has 4 rings (SSSR count). The number of sulfone groups is 1. The third kappa shape index (κ3) is 7.63. The summed E-state index contributed by atoms with van der Waals surface area (Å²) in [5.41, 5.74) is 14.1. The second-order valence-electron chi connectivity index (χ2n) is 8.43. The van der Waals surface area contributed by atoms with Crippen LogP contribution < -0.4 is 36.3 Å². The lowest BCUT2D eigenvalue weighted by Crippen LogP contribution is -2.04. The first-order chi connectivity index (χ1) is 20.2. The van der Waals surface area contributed by atoms with Gasteiger partial charge in [0.1, 0.15) is 5.82 Å². The Balaban J connectivity index is 0.000000230. The predicted octanol–water partition coefficient (Wildman–Crippen LogP) is 2.91. The van der Waals surface area contributed by atoms with Gasteiger partial charge in [0.25, 0.3) is 0 Å². The normalized spacial score (nSPS) is 10.5. The van der Waals surface area contributed by atoms with E-state index in [1.807, 2.05) is 12.1 Å². The summed E-state index contributed by atoms with van der Waals surface area (Å²) < 4.78 is 40.7. The Morgan fingerprint density at radius 3 is 1.64 bits per heavy atom. The van der Waals surface area contributed by atoms with Crippen molar-refractivity contribution < 1.29 is 32.2 Å². The fourth-order valence-electron chi connectivity index (χ4n) is 3.76. The van der Waals surface area contributed by atoms with Crippen molar-refractivity contribution >= 4 is 45.8 Å². The molecule has 0 saturated heterocycles. The van der Waals surface area contributed by atoms with Crippen molar-refractivity contribution in [2.24, 2.45) is 0 Å². The Morgan fingerprint density at radius 1 is 0.786 bits per heavy atom.